The third-order valence-electron chi connectivity index (χ3n) is 5.20. The highest BCUT2D eigenvalue weighted by atomic mass is 16.3. The summed E-state index contributed by atoms with van der Waals surface area (Å²) >= 11 is 0. The van der Waals surface area contributed by atoms with Crippen molar-refractivity contribution in [3.63, 3.8) is 0 Å². The standard InChI is InChI=1S/C24H28N6O/c1-5-6-18(13-25)8-7-17(2)30-12-11-20-21(15-30)27-16-28-23(20)29-22-10-9-19(14-26-22)24(3,4)31/h5-10,14,16,31H,11-12,15H2,1-4H3,(H,26,27,28,29)/b6-5-,17-7+,18-8+. The van der Waals surface area contributed by atoms with E-state index < -0.39 is 5.60 Å². The number of aromatic nitrogens is 3. The van der Waals surface area contributed by atoms with E-state index in [9.17, 15) is 5.11 Å². The van der Waals surface area contributed by atoms with Crippen molar-refractivity contribution in [2.75, 3.05) is 11.9 Å². The summed E-state index contributed by atoms with van der Waals surface area (Å²) in [5, 5.41) is 22.5. The molecule has 2 N–H and O–H groups in total. The van der Waals surface area contributed by atoms with Crippen molar-refractivity contribution >= 4 is 11.6 Å². The lowest BCUT2D eigenvalue weighted by Crippen LogP contribution is -2.30. The molecule has 0 spiro atoms. The van der Waals surface area contributed by atoms with Crippen LogP contribution in [0, 0.1) is 11.3 Å². The van der Waals surface area contributed by atoms with Gasteiger partial charge >= 0.3 is 0 Å². The van der Waals surface area contributed by atoms with E-state index in [4.69, 9.17) is 5.26 Å². The molecule has 0 radical (unpaired) electrons. The van der Waals surface area contributed by atoms with Gasteiger partial charge in [0.25, 0.3) is 0 Å². The molecule has 0 atom stereocenters. The fourth-order valence-corrected chi connectivity index (χ4v) is 3.34. The van der Waals surface area contributed by atoms with Gasteiger partial charge in [-0.1, -0.05) is 12.1 Å². The normalized spacial score (nSPS) is 15.0. The second kappa shape index (κ2) is 9.54. The van der Waals surface area contributed by atoms with Gasteiger partial charge in [-0.05, 0) is 58.4 Å². The fraction of sp³-hybridized carbons (Fsp3) is 0.333. The molecular formula is C24H28N6O. The number of nitriles is 1. The van der Waals surface area contributed by atoms with Crippen LogP contribution in [0.15, 0.2) is 60.2 Å². The summed E-state index contributed by atoms with van der Waals surface area (Å²) in [5.41, 5.74) is 3.59. The van der Waals surface area contributed by atoms with Gasteiger partial charge in [0.1, 0.15) is 18.0 Å². The molecule has 0 amide bonds. The average molecular weight is 417 g/mol. The minimum absolute atomic E-state index is 0.621. The Kier molecular flexibility index (Phi) is 6.83. The van der Waals surface area contributed by atoms with Crippen LogP contribution in [0.3, 0.4) is 0 Å². The maximum Gasteiger partial charge on any atom is 0.138 e. The summed E-state index contributed by atoms with van der Waals surface area (Å²) in [6.45, 7) is 8.92. The molecule has 0 fully saturated rings. The lowest BCUT2D eigenvalue weighted by molar-refractivity contribution is 0.0782. The first-order chi connectivity index (χ1) is 14.8. The summed E-state index contributed by atoms with van der Waals surface area (Å²) in [6.07, 6.45) is 11.5. The van der Waals surface area contributed by atoms with Gasteiger partial charge in [-0.25, -0.2) is 15.0 Å². The second-order valence-electron chi connectivity index (χ2n) is 7.98. The van der Waals surface area contributed by atoms with Crippen molar-refractivity contribution in [2.45, 2.75) is 46.3 Å². The number of allylic oxidation sites excluding steroid dienone is 6. The summed E-state index contributed by atoms with van der Waals surface area (Å²) in [7, 11) is 0. The van der Waals surface area contributed by atoms with E-state index >= 15 is 0 Å². The van der Waals surface area contributed by atoms with E-state index in [0.29, 0.717) is 17.9 Å². The van der Waals surface area contributed by atoms with Crippen LogP contribution in [-0.4, -0.2) is 31.5 Å². The second-order valence-corrected chi connectivity index (χ2v) is 7.98. The first kappa shape index (κ1) is 22.2. The van der Waals surface area contributed by atoms with E-state index in [1.165, 1.54) is 0 Å². The third-order valence-corrected chi connectivity index (χ3v) is 5.20. The number of nitrogens with zero attached hydrogens (tertiary/aromatic N) is 5. The van der Waals surface area contributed by atoms with Crippen LogP contribution in [0.4, 0.5) is 11.6 Å². The number of hydrogen-bond acceptors (Lipinski definition) is 7. The van der Waals surface area contributed by atoms with Crippen LogP contribution in [0.25, 0.3) is 0 Å². The van der Waals surface area contributed by atoms with Crippen molar-refractivity contribution in [3.8, 4) is 6.07 Å². The van der Waals surface area contributed by atoms with Crippen LogP contribution < -0.4 is 5.32 Å². The predicted octanol–water partition coefficient (Wildman–Crippen LogP) is 4.13. The van der Waals surface area contributed by atoms with Crippen LogP contribution >= 0.6 is 0 Å². The van der Waals surface area contributed by atoms with Gasteiger partial charge < -0.3 is 15.3 Å². The fourth-order valence-electron chi connectivity index (χ4n) is 3.34. The zero-order valence-electron chi connectivity index (χ0n) is 18.4. The van der Waals surface area contributed by atoms with E-state index in [1.807, 2.05) is 44.2 Å². The molecule has 0 unspecified atom stereocenters. The van der Waals surface area contributed by atoms with E-state index in [2.05, 4.69) is 31.2 Å². The molecule has 1 aliphatic heterocycles. The average Bonchev–Trinajstić information content (AvgIpc) is 2.76. The van der Waals surface area contributed by atoms with Crippen molar-refractivity contribution in [1.29, 1.82) is 5.26 Å². The van der Waals surface area contributed by atoms with Crippen molar-refractivity contribution in [2.24, 2.45) is 0 Å². The molecule has 0 aromatic carbocycles. The maximum atomic E-state index is 10.1. The summed E-state index contributed by atoms with van der Waals surface area (Å²) in [6, 6.07) is 5.88. The Hall–Kier alpha value is -3.50. The molecule has 7 heteroatoms. The Morgan fingerprint density at radius 1 is 1.26 bits per heavy atom. The van der Waals surface area contributed by atoms with E-state index in [1.54, 1.807) is 32.4 Å². The van der Waals surface area contributed by atoms with Crippen LogP contribution in [0.2, 0.25) is 0 Å². The molecule has 160 valence electrons. The Morgan fingerprint density at radius 3 is 2.71 bits per heavy atom. The maximum absolute atomic E-state index is 10.1. The number of pyridine rings is 1. The highest BCUT2D eigenvalue weighted by Gasteiger charge is 2.21. The van der Waals surface area contributed by atoms with E-state index in [-0.39, 0.29) is 0 Å². The molecule has 2 aromatic rings. The molecule has 3 rings (SSSR count). The summed E-state index contributed by atoms with van der Waals surface area (Å²) < 4.78 is 0. The largest absolute Gasteiger partial charge is 0.386 e. The van der Waals surface area contributed by atoms with Crippen molar-refractivity contribution in [3.05, 3.63) is 77.1 Å². The zero-order valence-corrected chi connectivity index (χ0v) is 18.4. The van der Waals surface area contributed by atoms with Gasteiger partial charge in [-0.3, -0.25) is 0 Å². The minimum atomic E-state index is -0.926. The minimum Gasteiger partial charge on any atom is -0.386 e. The van der Waals surface area contributed by atoms with Crippen LogP contribution in [-0.2, 0) is 18.6 Å². The molecule has 31 heavy (non-hydrogen) atoms. The summed E-state index contributed by atoms with van der Waals surface area (Å²) in [5.74, 6) is 1.43. The summed E-state index contributed by atoms with van der Waals surface area (Å²) in [4.78, 5) is 15.6. The van der Waals surface area contributed by atoms with Crippen molar-refractivity contribution in [1.82, 2.24) is 19.9 Å². The molecule has 0 saturated carbocycles. The molecule has 1 aliphatic rings. The van der Waals surface area contributed by atoms with Gasteiger partial charge in [-0.2, -0.15) is 5.26 Å². The lowest BCUT2D eigenvalue weighted by atomic mass is 10.0. The first-order valence-corrected chi connectivity index (χ1v) is 10.3. The number of hydrogen-bond donors (Lipinski definition) is 2. The topological polar surface area (TPSA) is 98.0 Å². The number of rotatable bonds is 6. The molecule has 7 nitrogen and oxygen atoms in total. The number of anilines is 2. The van der Waals surface area contributed by atoms with Gasteiger partial charge in [-0.15, -0.1) is 0 Å². The van der Waals surface area contributed by atoms with E-state index in [0.717, 1.165) is 41.3 Å². The monoisotopic (exact) mass is 416 g/mol. The number of nitrogens with one attached hydrogen (secondary N) is 1. The van der Waals surface area contributed by atoms with Crippen molar-refractivity contribution < 1.29 is 5.11 Å². The Labute approximate surface area is 183 Å². The highest BCUT2D eigenvalue weighted by molar-refractivity contribution is 5.57. The Balaban J connectivity index is 1.76. The predicted molar refractivity (Wildman–Crippen MR) is 121 cm³/mol. The molecule has 0 bridgehead atoms. The van der Waals surface area contributed by atoms with Crippen LogP contribution in [0.1, 0.15) is 44.5 Å². The highest BCUT2D eigenvalue weighted by Crippen LogP contribution is 2.27. The van der Waals surface area contributed by atoms with Gasteiger partial charge in [0, 0.05) is 29.6 Å². The molecule has 0 saturated heterocycles. The number of fused-ring (bicyclic) bond motifs is 1. The quantitative estimate of drug-likeness (QED) is 0.540. The smallest absolute Gasteiger partial charge is 0.138 e. The lowest BCUT2D eigenvalue weighted by Gasteiger charge is -2.31. The molecule has 3 heterocycles. The molecular weight excluding hydrogens is 388 g/mol. The van der Waals surface area contributed by atoms with Gasteiger partial charge in [0.05, 0.1) is 29.5 Å². The Bertz CT molecular complexity index is 1050. The SMILES string of the molecule is C\C=C/C(C#N)=C\C=C(/C)N1CCc2c(ncnc2Nc2ccc(C(C)(C)O)cn2)C1. The number of aliphatic hydroxyl groups is 1. The molecule has 0 aliphatic carbocycles. The molecule has 2 aromatic heterocycles. The van der Waals surface area contributed by atoms with Gasteiger partial charge in [0.15, 0.2) is 0 Å². The first-order valence-electron chi connectivity index (χ1n) is 10.3. The van der Waals surface area contributed by atoms with Crippen LogP contribution in [0.5, 0.6) is 0 Å². The van der Waals surface area contributed by atoms with Gasteiger partial charge in [0.2, 0.25) is 0 Å². The zero-order chi connectivity index (χ0) is 22.4. The third kappa shape index (κ3) is 5.56. The Morgan fingerprint density at radius 2 is 2.06 bits per heavy atom.